The van der Waals surface area contributed by atoms with Gasteiger partial charge in [0.2, 0.25) is 5.78 Å². The van der Waals surface area contributed by atoms with Crippen LogP contribution in [-0.4, -0.2) is 35.4 Å². The number of hydrogen-bond donors (Lipinski definition) is 1. The van der Waals surface area contributed by atoms with E-state index in [-0.39, 0.29) is 17.9 Å². The monoisotopic (exact) mass is 483 g/mol. The van der Waals surface area contributed by atoms with Crippen LogP contribution in [-0.2, 0) is 11.3 Å². The fourth-order valence-electron chi connectivity index (χ4n) is 4.46. The second kappa shape index (κ2) is 9.62. The first-order chi connectivity index (χ1) is 17.5. The molecule has 1 aliphatic heterocycles. The molecule has 1 amide bonds. The lowest BCUT2D eigenvalue weighted by Crippen LogP contribution is -2.30. The third kappa shape index (κ3) is 4.20. The number of para-hydroxylation sites is 1. The normalized spacial score (nSPS) is 15.6. The minimum Gasteiger partial charge on any atom is -0.503 e. The molecular weight excluding hydrogens is 458 g/mol. The molecule has 1 atom stereocenters. The first-order valence-corrected chi connectivity index (χ1v) is 11.6. The van der Waals surface area contributed by atoms with Crippen molar-refractivity contribution in [3.05, 3.63) is 107 Å². The molecule has 2 heterocycles. The van der Waals surface area contributed by atoms with Crippen LogP contribution in [0.15, 0.2) is 94.6 Å². The molecule has 0 saturated carbocycles. The summed E-state index contributed by atoms with van der Waals surface area (Å²) in [4.78, 5) is 28.4. The van der Waals surface area contributed by atoms with Crippen molar-refractivity contribution in [3.8, 4) is 11.5 Å². The van der Waals surface area contributed by atoms with Gasteiger partial charge in [-0.25, -0.2) is 0 Å². The summed E-state index contributed by atoms with van der Waals surface area (Å²) < 4.78 is 16.6. The van der Waals surface area contributed by atoms with E-state index in [4.69, 9.17) is 13.9 Å². The van der Waals surface area contributed by atoms with E-state index in [0.717, 1.165) is 16.7 Å². The number of hydrogen-bond acceptors (Lipinski definition) is 6. The topological polar surface area (TPSA) is 89.2 Å². The van der Waals surface area contributed by atoms with Crippen molar-refractivity contribution >= 4 is 22.7 Å². The highest BCUT2D eigenvalue weighted by Gasteiger charge is 2.44. The third-order valence-corrected chi connectivity index (χ3v) is 6.22. The smallest absolute Gasteiger partial charge is 0.290 e. The second-order valence-electron chi connectivity index (χ2n) is 8.43. The van der Waals surface area contributed by atoms with Crippen LogP contribution in [0.2, 0.25) is 0 Å². The molecule has 182 valence electrons. The predicted molar refractivity (Wildman–Crippen MR) is 134 cm³/mol. The van der Waals surface area contributed by atoms with Gasteiger partial charge in [-0.2, -0.15) is 0 Å². The number of ether oxygens (including phenoxy) is 2. The number of rotatable bonds is 8. The first-order valence-electron chi connectivity index (χ1n) is 11.6. The molecule has 1 aromatic heterocycles. The number of amides is 1. The standard InChI is InChI=1S/C29H25NO6/c1-3-35-22-12-8-18(9-13-22)17-30-26(19-10-14-21(34-2)15-11-19)25(28(32)29(30)33)27(31)24-16-20-6-4-5-7-23(20)36-24/h4-16,26,32H,3,17H2,1-2H3. The molecule has 0 spiro atoms. The lowest BCUT2D eigenvalue weighted by atomic mass is 9.94. The highest BCUT2D eigenvalue weighted by molar-refractivity contribution is 6.16. The maximum absolute atomic E-state index is 13.7. The fraction of sp³-hybridized carbons (Fsp3) is 0.172. The summed E-state index contributed by atoms with van der Waals surface area (Å²) in [6.45, 7) is 2.64. The number of benzene rings is 3. The zero-order valence-corrected chi connectivity index (χ0v) is 19.9. The highest BCUT2D eigenvalue weighted by Crippen LogP contribution is 2.41. The average Bonchev–Trinajstić information content (AvgIpc) is 3.45. The second-order valence-corrected chi connectivity index (χ2v) is 8.43. The molecule has 0 aliphatic carbocycles. The summed E-state index contributed by atoms with van der Waals surface area (Å²) >= 11 is 0. The summed E-state index contributed by atoms with van der Waals surface area (Å²) in [5, 5.41) is 11.7. The molecule has 1 aliphatic rings. The Hall–Kier alpha value is -4.52. The van der Waals surface area contributed by atoms with Gasteiger partial charge in [-0.1, -0.05) is 42.5 Å². The quantitative estimate of drug-likeness (QED) is 0.327. The van der Waals surface area contributed by atoms with E-state index < -0.39 is 23.5 Å². The SMILES string of the molecule is CCOc1ccc(CN2C(=O)C(O)=C(C(=O)c3cc4ccccc4o3)C2c2ccc(OC)cc2)cc1. The highest BCUT2D eigenvalue weighted by atomic mass is 16.5. The van der Waals surface area contributed by atoms with Crippen LogP contribution in [0.3, 0.4) is 0 Å². The Balaban J connectivity index is 1.54. The minimum atomic E-state index is -0.810. The number of aliphatic hydroxyl groups is 1. The van der Waals surface area contributed by atoms with Gasteiger partial charge in [-0.3, -0.25) is 9.59 Å². The van der Waals surface area contributed by atoms with Gasteiger partial charge in [-0.05, 0) is 54.4 Å². The molecular formula is C29H25NO6. The van der Waals surface area contributed by atoms with Gasteiger partial charge in [0.1, 0.15) is 17.1 Å². The van der Waals surface area contributed by atoms with E-state index in [0.29, 0.717) is 23.5 Å². The van der Waals surface area contributed by atoms with Crippen molar-refractivity contribution in [2.75, 3.05) is 13.7 Å². The maximum atomic E-state index is 13.7. The van der Waals surface area contributed by atoms with E-state index in [9.17, 15) is 14.7 Å². The van der Waals surface area contributed by atoms with E-state index in [1.165, 1.54) is 4.90 Å². The molecule has 4 aromatic rings. The lowest BCUT2D eigenvalue weighted by molar-refractivity contribution is -0.130. The molecule has 36 heavy (non-hydrogen) atoms. The summed E-state index contributed by atoms with van der Waals surface area (Å²) in [5.74, 6) is -0.308. The number of methoxy groups -OCH3 is 1. The zero-order valence-electron chi connectivity index (χ0n) is 19.9. The number of Topliss-reactive ketones (excluding diaryl/α,β-unsaturated/α-hetero) is 1. The number of furan rings is 1. The molecule has 0 fully saturated rings. The van der Waals surface area contributed by atoms with Gasteiger partial charge < -0.3 is 23.9 Å². The van der Waals surface area contributed by atoms with Gasteiger partial charge in [-0.15, -0.1) is 0 Å². The first kappa shape index (κ1) is 23.2. The number of nitrogens with zero attached hydrogens (tertiary/aromatic N) is 1. The van der Waals surface area contributed by atoms with Crippen molar-refractivity contribution in [2.24, 2.45) is 0 Å². The van der Waals surface area contributed by atoms with Crippen LogP contribution in [0.25, 0.3) is 11.0 Å². The van der Waals surface area contributed by atoms with Crippen LogP contribution >= 0.6 is 0 Å². The van der Waals surface area contributed by atoms with Crippen LogP contribution in [0.4, 0.5) is 0 Å². The molecule has 1 unspecified atom stereocenters. The summed E-state index contributed by atoms with van der Waals surface area (Å²) in [5.41, 5.74) is 2.03. The molecule has 0 saturated heterocycles. The molecule has 5 rings (SSSR count). The molecule has 0 bridgehead atoms. The number of fused-ring (bicyclic) bond motifs is 1. The van der Waals surface area contributed by atoms with Crippen molar-refractivity contribution in [1.82, 2.24) is 4.90 Å². The molecule has 0 radical (unpaired) electrons. The average molecular weight is 484 g/mol. The third-order valence-electron chi connectivity index (χ3n) is 6.22. The Labute approximate surface area is 208 Å². The number of aliphatic hydroxyl groups excluding tert-OH is 1. The summed E-state index contributed by atoms with van der Waals surface area (Å²) in [7, 11) is 1.56. The van der Waals surface area contributed by atoms with Crippen molar-refractivity contribution in [1.29, 1.82) is 0 Å². The Morgan fingerprint density at radius 3 is 2.36 bits per heavy atom. The Morgan fingerprint density at radius 2 is 1.69 bits per heavy atom. The summed E-state index contributed by atoms with van der Waals surface area (Å²) in [6.07, 6.45) is 0. The van der Waals surface area contributed by atoms with Crippen molar-refractivity contribution in [2.45, 2.75) is 19.5 Å². The lowest BCUT2D eigenvalue weighted by Gasteiger charge is -2.27. The maximum Gasteiger partial charge on any atom is 0.290 e. The van der Waals surface area contributed by atoms with Gasteiger partial charge in [0.25, 0.3) is 5.91 Å². The van der Waals surface area contributed by atoms with E-state index in [1.807, 2.05) is 49.4 Å². The number of carbonyl (C=O) groups is 2. The van der Waals surface area contributed by atoms with Gasteiger partial charge in [0.05, 0.1) is 25.3 Å². The van der Waals surface area contributed by atoms with Crippen LogP contribution in [0, 0.1) is 0 Å². The van der Waals surface area contributed by atoms with Gasteiger partial charge in [0, 0.05) is 11.9 Å². The molecule has 3 aromatic carbocycles. The Kier molecular flexibility index (Phi) is 6.21. The minimum absolute atomic E-state index is 0.0184. The Morgan fingerprint density at radius 1 is 1.00 bits per heavy atom. The van der Waals surface area contributed by atoms with Gasteiger partial charge in [0.15, 0.2) is 11.5 Å². The van der Waals surface area contributed by atoms with E-state index in [2.05, 4.69) is 0 Å². The van der Waals surface area contributed by atoms with Crippen LogP contribution < -0.4 is 9.47 Å². The van der Waals surface area contributed by atoms with Crippen molar-refractivity contribution < 1.29 is 28.6 Å². The Bertz CT molecular complexity index is 1420. The fourth-order valence-corrected chi connectivity index (χ4v) is 4.46. The predicted octanol–water partition coefficient (Wildman–Crippen LogP) is 5.62. The van der Waals surface area contributed by atoms with E-state index >= 15 is 0 Å². The summed E-state index contributed by atoms with van der Waals surface area (Å²) in [6, 6.07) is 22.5. The van der Waals surface area contributed by atoms with Crippen LogP contribution in [0.1, 0.15) is 34.6 Å². The van der Waals surface area contributed by atoms with Crippen LogP contribution in [0.5, 0.6) is 11.5 Å². The number of ketones is 1. The largest absolute Gasteiger partial charge is 0.503 e. The number of carbonyl (C=O) groups excluding carboxylic acids is 2. The molecule has 1 N–H and O–H groups in total. The van der Waals surface area contributed by atoms with E-state index in [1.54, 1.807) is 43.5 Å². The molecule has 7 heteroatoms. The zero-order chi connectivity index (χ0) is 25.2. The van der Waals surface area contributed by atoms with Gasteiger partial charge >= 0.3 is 0 Å². The van der Waals surface area contributed by atoms with Crippen molar-refractivity contribution in [3.63, 3.8) is 0 Å². The molecule has 7 nitrogen and oxygen atoms in total.